The van der Waals surface area contributed by atoms with Gasteiger partial charge >= 0.3 is 6.09 Å². The lowest BCUT2D eigenvalue weighted by Gasteiger charge is -2.10. The Hall–Kier alpha value is -4.02. The molecule has 11 heteroatoms. The van der Waals surface area contributed by atoms with Gasteiger partial charge in [0, 0.05) is 24.8 Å². The molecule has 4 aromatic heterocycles. The normalized spacial score (nSPS) is 11.0. The van der Waals surface area contributed by atoms with Crippen LogP contribution >= 0.6 is 0 Å². The van der Waals surface area contributed by atoms with Crippen molar-refractivity contribution in [2.45, 2.75) is 13.3 Å². The Bertz CT molecular complexity index is 1180. The highest BCUT2D eigenvalue weighted by Gasteiger charge is 2.19. The van der Waals surface area contributed by atoms with Gasteiger partial charge in [0.05, 0.1) is 28.5 Å². The van der Waals surface area contributed by atoms with Crippen molar-refractivity contribution in [2.24, 2.45) is 0 Å². The quantitative estimate of drug-likeness (QED) is 0.563. The van der Waals surface area contributed by atoms with Crippen LogP contribution in [-0.2, 0) is 0 Å². The molecule has 29 heavy (non-hydrogen) atoms. The molecule has 9 nitrogen and oxygen atoms in total. The largest absolute Gasteiger partial charge is 0.432 e. The number of halogens is 2. The van der Waals surface area contributed by atoms with E-state index in [9.17, 15) is 13.6 Å². The molecule has 0 unspecified atom stereocenters. The summed E-state index contributed by atoms with van der Waals surface area (Å²) >= 11 is 0. The molecular weight excluding hydrogens is 384 g/mol. The summed E-state index contributed by atoms with van der Waals surface area (Å²) in [4.78, 5) is 32.6. The van der Waals surface area contributed by atoms with Gasteiger partial charge in [-0.3, -0.25) is 9.66 Å². The minimum absolute atomic E-state index is 0.0922. The summed E-state index contributed by atoms with van der Waals surface area (Å²) < 4.78 is 32.8. The van der Waals surface area contributed by atoms with Crippen molar-refractivity contribution < 1.29 is 18.3 Å². The molecule has 0 atom stereocenters. The van der Waals surface area contributed by atoms with Gasteiger partial charge in [-0.15, -0.1) is 0 Å². The number of fused-ring (bicyclic) bond motifs is 1. The van der Waals surface area contributed by atoms with E-state index in [1.807, 2.05) is 0 Å². The molecule has 0 aliphatic heterocycles. The van der Waals surface area contributed by atoms with Gasteiger partial charge in [-0.2, -0.15) is 0 Å². The minimum atomic E-state index is -2.74. The molecule has 0 saturated heterocycles. The lowest BCUT2D eigenvalue weighted by molar-refractivity contribution is 0.152. The average Bonchev–Trinajstić information content (AvgIpc) is 3.09. The Morgan fingerprint density at radius 1 is 1.10 bits per heavy atom. The topological polar surface area (TPSA) is 108 Å². The summed E-state index contributed by atoms with van der Waals surface area (Å²) in [6.07, 6.45) is 3.29. The van der Waals surface area contributed by atoms with Crippen LogP contribution in [0.4, 0.5) is 13.6 Å². The molecule has 0 saturated carbocycles. The van der Waals surface area contributed by atoms with Crippen molar-refractivity contribution >= 4 is 17.1 Å². The van der Waals surface area contributed by atoms with E-state index in [0.29, 0.717) is 17.0 Å². The average molecular weight is 397 g/mol. The number of rotatable bonds is 4. The fraction of sp³-hybridized carbons (Fsp3) is 0.111. The molecular formula is C18H13F2N7O2. The van der Waals surface area contributed by atoms with Crippen LogP contribution in [0.2, 0.25) is 0 Å². The van der Waals surface area contributed by atoms with Gasteiger partial charge in [0.1, 0.15) is 0 Å². The predicted octanol–water partition coefficient (Wildman–Crippen LogP) is 3.27. The molecule has 0 aliphatic carbocycles. The summed E-state index contributed by atoms with van der Waals surface area (Å²) in [6, 6.07) is 4.79. The summed E-state index contributed by atoms with van der Waals surface area (Å²) in [5.74, 6) is 0.711. The van der Waals surface area contributed by atoms with Crippen LogP contribution in [0.25, 0.3) is 22.7 Å². The van der Waals surface area contributed by atoms with E-state index in [4.69, 9.17) is 4.74 Å². The van der Waals surface area contributed by atoms with E-state index >= 15 is 0 Å². The van der Waals surface area contributed by atoms with Crippen molar-refractivity contribution in [3.05, 3.63) is 60.4 Å². The highest BCUT2D eigenvalue weighted by atomic mass is 19.3. The Morgan fingerprint density at radius 3 is 2.59 bits per heavy atom. The number of nitrogens with zero attached hydrogens (tertiary/aromatic N) is 6. The molecule has 0 aromatic carbocycles. The van der Waals surface area contributed by atoms with Gasteiger partial charge in [0.25, 0.3) is 6.43 Å². The lowest BCUT2D eigenvalue weighted by atomic mass is 10.3. The second-order valence-electron chi connectivity index (χ2n) is 5.84. The standard InChI is InChI=1S/C18H13F2N7O2/c1-10-13(8-24-17(25-10)16-22-6-3-7-23-16)29-18(28)26-27-9-11(15(19)20)14-12(27)4-2-5-21-14/h2-9,15H,1H3,(H,26,28). The number of nitrogens with one attached hydrogen (secondary N) is 1. The number of ether oxygens (including phenoxy) is 1. The van der Waals surface area contributed by atoms with Crippen molar-refractivity contribution in [2.75, 3.05) is 5.43 Å². The maximum atomic E-state index is 13.2. The Morgan fingerprint density at radius 2 is 1.86 bits per heavy atom. The minimum Gasteiger partial charge on any atom is -0.406 e. The van der Waals surface area contributed by atoms with Crippen LogP contribution in [0.5, 0.6) is 5.75 Å². The van der Waals surface area contributed by atoms with E-state index in [1.54, 1.807) is 37.5 Å². The van der Waals surface area contributed by atoms with Crippen molar-refractivity contribution in [3.63, 3.8) is 0 Å². The fourth-order valence-electron chi connectivity index (χ4n) is 2.64. The number of aromatic nitrogens is 6. The molecule has 4 aromatic rings. The molecule has 4 heterocycles. The molecule has 146 valence electrons. The first kappa shape index (κ1) is 18.3. The number of pyridine rings is 1. The smallest absolute Gasteiger partial charge is 0.406 e. The van der Waals surface area contributed by atoms with Crippen molar-refractivity contribution in [3.8, 4) is 17.4 Å². The molecule has 1 N–H and O–H groups in total. The number of carbonyl (C=O) groups excluding carboxylic acids is 1. The highest BCUT2D eigenvalue weighted by Crippen LogP contribution is 2.27. The molecule has 0 bridgehead atoms. The lowest BCUT2D eigenvalue weighted by Crippen LogP contribution is -2.25. The summed E-state index contributed by atoms with van der Waals surface area (Å²) in [5.41, 5.74) is 2.87. The van der Waals surface area contributed by atoms with Crippen molar-refractivity contribution in [1.29, 1.82) is 0 Å². The van der Waals surface area contributed by atoms with Gasteiger partial charge in [-0.1, -0.05) is 0 Å². The second kappa shape index (κ2) is 7.54. The fourth-order valence-corrected chi connectivity index (χ4v) is 2.64. The summed E-state index contributed by atoms with van der Waals surface area (Å²) in [5, 5.41) is 0. The number of aryl methyl sites for hydroxylation is 1. The van der Waals surface area contributed by atoms with Crippen LogP contribution in [0.15, 0.2) is 49.2 Å². The number of hydrogen-bond donors (Lipinski definition) is 1. The zero-order chi connectivity index (χ0) is 20.4. The Labute approximate surface area is 162 Å². The first-order chi connectivity index (χ1) is 14.0. The number of hydrogen-bond acceptors (Lipinski definition) is 7. The molecule has 0 aliphatic rings. The highest BCUT2D eigenvalue weighted by molar-refractivity contribution is 5.85. The third kappa shape index (κ3) is 3.70. The van der Waals surface area contributed by atoms with Gasteiger partial charge in [-0.05, 0) is 25.1 Å². The van der Waals surface area contributed by atoms with Gasteiger partial charge in [0.15, 0.2) is 17.4 Å². The second-order valence-corrected chi connectivity index (χ2v) is 5.84. The van der Waals surface area contributed by atoms with E-state index < -0.39 is 12.5 Å². The van der Waals surface area contributed by atoms with Crippen LogP contribution in [0, 0.1) is 6.92 Å². The number of amides is 1. The van der Waals surface area contributed by atoms with E-state index in [-0.39, 0.29) is 22.7 Å². The predicted molar refractivity (Wildman–Crippen MR) is 97.9 cm³/mol. The Kier molecular flexibility index (Phi) is 4.77. The summed E-state index contributed by atoms with van der Waals surface area (Å²) in [6.45, 7) is 1.63. The van der Waals surface area contributed by atoms with Crippen LogP contribution in [0.3, 0.4) is 0 Å². The Balaban J connectivity index is 1.54. The van der Waals surface area contributed by atoms with E-state index in [0.717, 1.165) is 10.9 Å². The third-order valence-electron chi connectivity index (χ3n) is 3.94. The number of carbonyl (C=O) groups is 1. The molecule has 0 fully saturated rings. The number of alkyl halides is 2. The first-order valence-electron chi connectivity index (χ1n) is 8.37. The maximum absolute atomic E-state index is 13.2. The molecule has 0 radical (unpaired) electrons. The first-order valence-corrected chi connectivity index (χ1v) is 8.37. The SMILES string of the molecule is Cc1nc(-c2ncccn2)ncc1OC(=O)Nn1cc(C(F)F)c2ncccc21. The summed E-state index contributed by atoms with van der Waals surface area (Å²) in [7, 11) is 0. The van der Waals surface area contributed by atoms with Crippen LogP contribution in [0.1, 0.15) is 17.7 Å². The monoisotopic (exact) mass is 397 g/mol. The van der Waals surface area contributed by atoms with E-state index in [2.05, 4.69) is 30.3 Å². The van der Waals surface area contributed by atoms with Gasteiger partial charge in [0.2, 0.25) is 0 Å². The third-order valence-corrected chi connectivity index (χ3v) is 3.94. The zero-order valence-electron chi connectivity index (χ0n) is 15.0. The van der Waals surface area contributed by atoms with Crippen LogP contribution < -0.4 is 10.2 Å². The molecule has 1 amide bonds. The van der Waals surface area contributed by atoms with Crippen molar-refractivity contribution in [1.82, 2.24) is 29.6 Å². The molecule has 0 spiro atoms. The maximum Gasteiger partial charge on any atom is 0.432 e. The van der Waals surface area contributed by atoms with Crippen LogP contribution in [-0.4, -0.2) is 35.7 Å². The van der Waals surface area contributed by atoms with Gasteiger partial charge in [-0.25, -0.2) is 38.9 Å². The zero-order valence-corrected chi connectivity index (χ0v) is 15.0. The van der Waals surface area contributed by atoms with E-state index in [1.165, 1.54) is 12.4 Å². The molecule has 4 rings (SSSR count). The van der Waals surface area contributed by atoms with Gasteiger partial charge < -0.3 is 4.74 Å².